The Morgan fingerprint density at radius 3 is 1.33 bits per heavy atom. The van der Waals surface area contributed by atoms with Gasteiger partial charge in [0.15, 0.2) is 0 Å². The molecule has 1 heterocycles. The molecule has 0 saturated heterocycles. The number of ketones is 1. The van der Waals surface area contributed by atoms with Crippen molar-refractivity contribution in [1.29, 1.82) is 10.7 Å². The first-order valence-electron chi connectivity index (χ1n) is 19.1. The molecule has 0 spiro atoms. The molecule has 0 amide bonds. The molecule has 25 heteroatoms. The van der Waals surface area contributed by atoms with Crippen molar-refractivity contribution in [2.45, 2.75) is 90.0 Å². The molecule has 63 heavy (non-hydrogen) atoms. The minimum Gasteiger partial charge on any atom is -0.522 e. The molecular weight excluding hydrogens is 958 g/mol. The predicted octanol–water partition coefficient (Wildman–Crippen LogP) is 2.07. The van der Waals surface area contributed by atoms with Gasteiger partial charge in [-0.3, -0.25) is 10.9 Å². The van der Waals surface area contributed by atoms with Crippen LogP contribution < -0.4 is 33.0 Å². The van der Waals surface area contributed by atoms with E-state index in [9.17, 15) is 4.79 Å². The van der Waals surface area contributed by atoms with Crippen molar-refractivity contribution in [3.05, 3.63) is 81.4 Å². The van der Waals surface area contributed by atoms with Crippen LogP contribution in [0.3, 0.4) is 0 Å². The Labute approximate surface area is 432 Å². The molecule has 0 bridgehead atoms. The Balaban J connectivity index is -0.000000377. The summed E-state index contributed by atoms with van der Waals surface area (Å²) in [6, 6.07) is 12.2. The number of halogens is 1. The Hall–Kier alpha value is -3.02. The van der Waals surface area contributed by atoms with E-state index in [1.54, 1.807) is 6.92 Å². The molecule has 4 rings (SSSR count). The van der Waals surface area contributed by atoms with Crippen LogP contribution in [0.15, 0.2) is 46.6 Å². The Bertz CT molecular complexity index is 2000. The average Bonchev–Trinajstić information content (AvgIpc) is 3.56. The molecule has 0 atom stereocenters. The number of nitrogens with zero attached hydrogens (tertiary/aromatic N) is 6. The van der Waals surface area contributed by atoms with Crippen LogP contribution in [0.2, 0.25) is 0 Å². The molecule has 11 nitrogen and oxygen atoms in total. The molecule has 0 saturated carbocycles. The quantitative estimate of drug-likeness (QED) is 0.0446. The molecule has 0 fully saturated rings. The molecule has 5 N–H and O–H groups in total. The van der Waals surface area contributed by atoms with E-state index in [4.69, 9.17) is 62.8 Å². The van der Waals surface area contributed by atoms with Gasteiger partial charge in [0.05, 0.1) is 36.5 Å². The Morgan fingerprint density at radius 2 is 1.03 bits per heavy atom. The van der Waals surface area contributed by atoms with Crippen LogP contribution in [-0.4, -0.2) is 126 Å². The number of anilines is 2. The number of benzene rings is 3. The second-order valence-corrected chi connectivity index (χ2v) is 14.3. The number of aromatic nitrogens is 3. The third-order valence-electron chi connectivity index (χ3n) is 8.37. The first-order chi connectivity index (χ1) is 28.6. The van der Waals surface area contributed by atoms with Crippen LogP contribution >= 0.6 is 24.0 Å². The zero-order valence-corrected chi connectivity index (χ0v) is 44.4. The summed E-state index contributed by atoms with van der Waals surface area (Å²) in [5.74, 6) is 2.30. The summed E-state index contributed by atoms with van der Waals surface area (Å²) in [6.45, 7) is 31.1. The largest absolute Gasteiger partial charge is 0.522 e. The van der Waals surface area contributed by atoms with Crippen molar-refractivity contribution in [2.75, 3.05) is 10.9 Å². The smallest absolute Gasteiger partial charge is 0.148 e. The molecule has 0 aliphatic heterocycles. The number of rotatable bonds is 11. The number of hydrogen-bond donors (Lipinski definition) is 4. The van der Waals surface area contributed by atoms with Gasteiger partial charge in [0, 0.05) is 113 Å². The molecular formula is C38H53B12IN10OY-. The van der Waals surface area contributed by atoms with E-state index in [2.05, 4.69) is 56.6 Å². The summed E-state index contributed by atoms with van der Waals surface area (Å²) in [5, 5.41) is 24.3. The summed E-state index contributed by atoms with van der Waals surface area (Å²) < 4.78 is 1.86. The van der Waals surface area contributed by atoms with Crippen molar-refractivity contribution < 1.29 is 37.5 Å². The monoisotopic (exact) mass is 1010 g/mol. The van der Waals surface area contributed by atoms with Crippen LogP contribution in [0, 0.1) is 72.6 Å². The number of carbonyl (C=O) groups excluding carboxylic acids is 1. The Kier molecular flexibility index (Phi) is 37.3. The van der Waals surface area contributed by atoms with Gasteiger partial charge in [0.25, 0.3) is 0 Å². The van der Waals surface area contributed by atoms with Gasteiger partial charge in [-0.2, -0.15) is 15.3 Å². The molecule has 4 aromatic rings. The fourth-order valence-corrected chi connectivity index (χ4v) is 5.43. The zero-order valence-electron chi connectivity index (χ0n) is 39.2. The minimum absolute atomic E-state index is 0. The van der Waals surface area contributed by atoms with Crippen molar-refractivity contribution in [3.63, 3.8) is 0 Å². The standard InChI is InChI=1S/C12H14B4N3.C11H15B4N2.C10H14B4N3.C3H6O.CH2N.CHN.HI.Y/c1-7-6-12(19-10(4)17-9(3)18-19)8(2)5-11(7)16(14)15-13;1-7(2)16-17-11-6-8(3)10(5-9(11)4)15(13)14-12;1-6-5-10(17-16-8(3)15)7(2)4-9(6)14(12)13-11;1-3(2)4;2*1-2;;/h5-6H,1-4H3;5-6,17H,1-4H3;4-5,17H,1-3H3,(H2,15,16);1-2H3;1-2H;1H;1H;/q;;;;-1;;;. The third kappa shape index (κ3) is 24.2. The fourth-order valence-electron chi connectivity index (χ4n) is 5.43. The van der Waals surface area contributed by atoms with Crippen LogP contribution in [0.4, 0.5) is 11.4 Å². The van der Waals surface area contributed by atoms with Gasteiger partial charge in [-0.05, 0) is 125 Å². The van der Waals surface area contributed by atoms with Gasteiger partial charge >= 0.3 is 0 Å². The van der Waals surface area contributed by atoms with Crippen molar-refractivity contribution >= 4 is 163 Å². The molecule has 0 aliphatic carbocycles. The average molecular weight is 1010 g/mol. The van der Waals surface area contributed by atoms with Crippen LogP contribution in [0.1, 0.15) is 79.6 Å². The summed E-state index contributed by atoms with van der Waals surface area (Å²) in [6.07, 6.45) is 0. The van der Waals surface area contributed by atoms with Crippen molar-refractivity contribution in [2.24, 2.45) is 15.9 Å². The van der Waals surface area contributed by atoms with E-state index >= 15 is 0 Å². The van der Waals surface area contributed by atoms with Gasteiger partial charge in [0.2, 0.25) is 0 Å². The minimum atomic E-state index is -0.248. The maximum atomic E-state index is 9.44. The molecule has 308 valence electrons. The normalized spacial score (nSPS) is 9.29. The van der Waals surface area contributed by atoms with Crippen molar-refractivity contribution in [1.82, 2.24) is 14.8 Å². The Morgan fingerprint density at radius 1 is 0.698 bits per heavy atom. The SMILES string of the molecule is C#N.CC(C)=O.I.[B][B]B([B])c1cc(C)c(-n2nc(C)nc2C)cc1C.[B][B]B([B])c1cc(C)c(NN=C(C)C)cc1C.[B][B]B([B])c1cc(C)c(NN=C(C)N)cc1C.[CH-]=N.[Y]. The second-order valence-electron chi connectivity index (χ2n) is 14.3. The number of amidine groups is 1. The molecule has 0 aliphatic rings. The number of nitriles is 1. The second kappa shape index (κ2) is 35.3. The topological polar surface area (TPSA) is 170 Å². The summed E-state index contributed by atoms with van der Waals surface area (Å²) in [7, 11) is 38.7. The first kappa shape index (κ1) is 66.6. The molecule has 3 aromatic carbocycles. The predicted molar refractivity (Wildman–Crippen MR) is 291 cm³/mol. The van der Waals surface area contributed by atoms with Crippen LogP contribution in [-0.2, 0) is 37.5 Å². The van der Waals surface area contributed by atoms with E-state index in [1.807, 2.05) is 98.2 Å². The number of hydrogen-bond acceptors (Lipinski definition) is 9. The van der Waals surface area contributed by atoms with Gasteiger partial charge in [-0.15, -0.1) is 24.0 Å². The van der Waals surface area contributed by atoms with Gasteiger partial charge in [0.1, 0.15) is 23.3 Å². The van der Waals surface area contributed by atoms with E-state index < -0.39 is 0 Å². The van der Waals surface area contributed by atoms with Crippen LogP contribution in [0.5, 0.6) is 0 Å². The number of aryl methyl sites for hydroxylation is 8. The number of nitrogens with two attached hydrogens (primary N) is 1. The van der Waals surface area contributed by atoms with Gasteiger partial charge in [-0.25, -0.2) is 14.9 Å². The number of carbonyl (C=O) groups is 1. The van der Waals surface area contributed by atoms with Gasteiger partial charge in [-0.1, -0.05) is 51.3 Å². The number of Topliss-reactive ketones (excluding diaryl/α,β-unsaturated/α-hetero) is 1. The van der Waals surface area contributed by atoms with E-state index in [1.165, 1.54) is 35.0 Å². The zero-order chi connectivity index (χ0) is 47.7. The fraction of sp³-hybridized carbons (Fsp3) is 0.342. The van der Waals surface area contributed by atoms with E-state index in [0.717, 1.165) is 84.2 Å². The molecule has 16 radical (unpaired) electrons. The van der Waals surface area contributed by atoms with E-state index in [0.29, 0.717) is 5.84 Å². The first-order valence-corrected chi connectivity index (χ1v) is 19.1. The van der Waals surface area contributed by atoms with Crippen LogP contribution in [0.25, 0.3) is 5.69 Å². The number of hydrazone groups is 2. The summed E-state index contributed by atoms with van der Waals surface area (Å²) >= 11 is 0. The summed E-state index contributed by atoms with van der Waals surface area (Å²) in [5.41, 5.74) is 25.0. The maximum absolute atomic E-state index is 9.44. The summed E-state index contributed by atoms with van der Waals surface area (Å²) in [4.78, 5) is 13.8. The third-order valence-corrected chi connectivity index (χ3v) is 8.37. The maximum Gasteiger partial charge on any atom is 0.148 e. The molecule has 1 aromatic heterocycles. The van der Waals surface area contributed by atoms with Gasteiger partial charge < -0.3 is 22.7 Å². The van der Waals surface area contributed by atoms with Crippen molar-refractivity contribution in [3.8, 4) is 12.3 Å². The molecule has 0 unspecified atom stereocenters. The van der Waals surface area contributed by atoms with E-state index in [-0.39, 0.29) is 82.0 Å². The number of nitrogens with one attached hydrogen (secondary N) is 3.